The molecule has 0 aliphatic carbocycles. The summed E-state index contributed by atoms with van der Waals surface area (Å²) in [7, 11) is 0. The van der Waals surface area contributed by atoms with Gasteiger partial charge >= 0.3 is 0 Å². The minimum Gasteiger partial charge on any atom is -0.341 e. The van der Waals surface area contributed by atoms with Crippen molar-refractivity contribution in [3.63, 3.8) is 0 Å². The van der Waals surface area contributed by atoms with E-state index in [1.54, 1.807) is 0 Å². The normalized spacial score (nSPS) is 14.8. The first-order valence-corrected chi connectivity index (χ1v) is 8.41. The van der Waals surface area contributed by atoms with Gasteiger partial charge in [-0.2, -0.15) is 0 Å². The molecule has 0 fully saturated rings. The Bertz CT molecular complexity index is 874. The number of allylic oxidation sites excluding steroid dienone is 3. The molecule has 1 heterocycles. The van der Waals surface area contributed by atoms with Crippen LogP contribution in [-0.4, -0.2) is 11.4 Å². The number of benzene rings is 2. The van der Waals surface area contributed by atoms with Crippen molar-refractivity contribution in [1.82, 2.24) is 4.90 Å². The lowest BCUT2D eigenvalue weighted by Crippen LogP contribution is -2.26. The van der Waals surface area contributed by atoms with Crippen LogP contribution in [0.3, 0.4) is 0 Å². The lowest BCUT2D eigenvalue weighted by molar-refractivity contribution is 0.504. The average Bonchev–Trinajstić information content (AvgIpc) is 2.58. The highest BCUT2D eigenvalue weighted by atomic mass is 35.5. The average molecular weight is 358 g/mol. The maximum absolute atomic E-state index is 14.7. The van der Waals surface area contributed by atoms with Crippen molar-refractivity contribution in [1.29, 1.82) is 0 Å². The van der Waals surface area contributed by atoms with Crippen LogP contribution in [0.2, 0.25) is 5.02 Å². The van der Waals surface area contributed by atoms with Gasteiger partial charge in [0.2, 0.25) is 0 Å². The lowest BCUT2D eigenvalue weighted by atomic mass is 9.91. The number of rotatable bonds is 3. The quantitative estimate of drug-likeness (QED) is 0.624. The summed E-state index contributed by atoms with van der Waals surface area (Å²) in [6.07, 6.45) is 1.92. The second kappa shape index (κ2) is 6.85. The van der Waals surface area contributed by atoms with Gasteiger partial charge in [0.25, 0.3) is 0 Å². The van der Waals surface area contributed by atoms with Crippen LogP contribution in [-0.2, 0) is 0 Å². The van der Waals surface area contributed by atoms with E-state index in [4.69, 9.17) is 11.6 Å². The van der Waals surface area contributed by atoms with Gasteiger partial charge in [-0.15, -0.1) is 0 Å². The van der Waals surface area contributed by atoms with E-state index in [1.165, 1.54) is 0 Å². The van der Waals surface area contributed by atoms with E-state index >= 15 is 0 Å². The smallest absolute Gasteiger partial charge is 0.136 e. The van der Waals surface area contributed by atoms with Gasteiger partial charge in [-0.05, 0) is 43.2 Å². The van der Waals surface area contributed by atoms with E-state index < -0.39 is 11.6 Å². The number of hydrogen-bond acceptors (Lipinski definition) is 1. The van der Waals surface area contributed by atoms with E-state index in [-0.39, 0.29) is 10.6 Å². The molecular formula is C21H18ClF2N. The summed E-state index contributed by atoms with van der Waals surface area (Å²) in [6.45, 7) is 8.49. The molecule has 0 amide bonds. The molecule has 0 unspecified atom stereocenters. The molecule has 2 aromatic carbocycles. The largest absolute Gasteiger partial charge is 0.341 e. The topological polar surface area (TPSA) is 3.24 Å². The fourth-order valence-electron chi connectivity index (χ4n) is 3.09. The summed E-state index contributed by atoms with van der Waals surface area (Å²) in [6, 6.07) is 11.8. The van der Waals surface area contributed by atoms with Gasteiger partial charge < -0.3 is 4.90 Å². The Hall–Kier alpha value is -2.39. The van der Waals surface area contributed by atoms with Gasteiger partial charge in [-0.3, -0.25) is 0 Å². The molecule has 0 radical (unpaired) electrons. The predicted molar refractivity (Wildman–Crippen MR) is 99.9 cm³/mol. The maximum atomic E-state index is 14.7. The Labute approximate surface area is 151 Å². The molecule has 25 heavy (non-hydrogen) atoms. The zero-order valence-electron chi connectivity index (χ0n) is 14.1. The van der Waals surface area contributed by atoms with Crippen molar-refractivity contribution in [2.24, 2.45) is 0 Å². The second-order valence-corrected chi connectivity index (χ2v) is 6.33. The second-order valence-electron chi connectivity index (χ2n) is 5.89. The summed E-state index contributed by atoms with van der Waals surface area (Å²) in [5.74, 6) is -1.37. The summed E-state index contributed by atoms with van der Waals surface area (Å²) < 4.78 is 29.4. The zero-order valence-corrected chi connectivity index (χ0v) is 14.9. The molecule has 128 valence electrons. The molecule has 2 aromatic rings. The van der Waals surface area contributed by atoms with Gasteiger partial charge in [0.05, 0.1) is 11.3 Å². The molecular weight excluding hydrogens is 340 g/mol. The van der Waals surface area contributed by atoms with E-state index in [0.717, 1.165) is 34.5 Å². The Morgan fingerprint density at radius 3 is 2.24 bits per heavy atom. The highest BCUT2D eigenvalue weighted by molar-refractivity contribution is 6.30. The van der Waals surface area contributed by atoms with Crippen molar-refractivity contribution in [3.05, 3.63) is 94.2 Å². The number of nitrogens with zero attached hydrogens (tertiary/aromatic N) is 1. The fraction of sp³-hybridized carbons (Fsp3) is 0.143. The molecule has 4 heteroatoms. The third-order valence-corrected chi connectivity index (χ3v) is 4.53. The molecule has 0 aromatic heterocycles. The van der Waals surface area contributed by atoms with Gasteiger partial charge in [0.1, 0.15) is 11.6 Å². The highest BCUT2D eigenvalue weighted by Crippen LogP contribution is 2.41. The first kappa shape index (κ1) is 17.4. The van der Waals surface area contributed by atoms with Crippen LogP contribution < -0.4 is 0 Å². The van der Waals surface area contributed by atoms with Crippen molar-refractivity contribution >= 4 is 22.9 Å². The number of halogens is 3. The molecule has 0 saturated heterocycles. The monoisotopic (exact) mass is 357 g/mol. The maximum Gasteiger partial charge on any atom is 0.136 e. The first-order chi connectivity index (χ1) is 11.9. The van der Waals surface area contributed by atoms with Crippen molar-refractivity contribution < 1.29 is 8.78 Å². The minimum atomic E-state index is -0.687. The van der Waals surface area contributed by atoms with Gasteiger partial charge in [-0.1, -0.05) is 48.5 Å². The first-order valence-electron chi connectivity index (χ1n) is 8.03. The Morgan fingerprint density at radius 1 is 1.08 bits per heavy atom. The van der Waals surface area contributed by atoms with Crippen LogP contribution in [0.5, 0.6) is 0 Å². The van der Waals surface area contributed by atoms with Crippen LogP contribution in [0.25, 0.3) is 11.3 Å². The Morgan fingerprint density at radius 2 is 1.68 bits per heavy atom. The third-order valence-electron chi connectivity index (χ3n) is 4.31. The standard InChI is InChI=1S/C21H18ClF2N/c1-4-25-14(3)13(2)10-17(15-8-6-5-7-9-15)21(25)20-18(23)11-16(22)12-19(20)24/h5-12H,3-4H2,1-2H3. The molecule has 1 aliphatic heterocycles. The number of hydrogen-bond donors (Lipinski definition) is 0. The van der Waals surface area contributed by atoms with E-state index in [2.05, 4.69) is 6.58 Å². The van der Waals surface area contributed by atoms with Crippen molar-refractivity contribution in [3.8, 4) is 0 Å². The van der Waals surface area contributed by atoms with E-state index in [9.17, 15) is 8.78 Å². The fourth-order valence-corrected chi connectivity index (χ4v) is 3.28. The summed E-state index contributed by atoms with van der Waals surface area (Å²) in [5, 5.41) is 0.0324. The molecule has 0 bridgehead atoms. The summed E-state index contributed by atoms with van der Waals surface area (Å²) >= 11 is 5.80. The van der Waals surface area contributed by atoms with Gasteiger partial charge in [0, 0.05) is 22.8 Å². The predicted octanol–water partition coefficient (Wildman–Crippen LogP) is 6.28. The Kier molecular flexibility index (Phi) is 4.78. The van der Waals surface area contributed by atoms with Crippen molar-refractivity contribution in [2.45, 2.75) is 13.8 Å². The van der Waals surface area contributed by atoms with Crippen LogP contribution in [0, 0.1) is 11.6 Å². The molecule has 1 nitrogen and oxygen atoms in total. The summed E-state index contributed by atoms with van der Waals surface area (Å²) in [5.41, 5.74) is 3.71. The van der Waals surface area contributed by atoms with E-state index in [0.29, 0.717) is 12.2 Å². The van der Waals surface area contributed by atoms with Crippen LogP contribution in [0.1, 0.15) is 25.0 Å². The minimum absolute atomic E-state index is 0.0324. The van der Waals surface area contributed by atoms with Gasteiger partial charge in [-0.25, -0.2) is 8.78 Å². The number of likely N-dealkylation sites (N-methyl/N-ethyl adjacent to an activating group) is 1. The molecule has 0 N–H and O–H groups in total. The van der Waals surface area contributed by atoms with Crippen LogP contribution >= 0.6 is 11.6 Å². The molecule has 1 aliphatic rings. The zero-order chi connectivity index (χ0) is 18.1. The highest BCUT2D eigenvalue weighted by Gasteiger charge is 2.28. The summed E-state index contributed by atoms with van der Waals surface area (Å²) in [4.78, 5) is 1.84. The van der Waals surface area contributed by atoms with Gasteiger partial charge in [0.15, 0.2) is 0 Å². The molecule has 3 rings (SSSR count). The van der Waals surface area contributed by atoms with Crippen molar-refractivity contribution in [2.75, 3.05) is 6.54 Å². The molecule has 0 saturated carbocycles. The van der Waals surface area contributed by atoms with Crippen LogP contribution in [0.4, 0.5) is 8.78 Å². The SMILES string of the molecule is C=C1C(C)=CC(c2ccccc2)=C(c2c(F)cc(Cl)cc2F)N1CC. The van der Waals surface area contributed by atoms with Crippen LogP contribution in [0.15, 0.2) is 66.4 Å². The Balaban J connectivity index is 2.38. The third kappa shape index (κ3) is 3.12. The van der Waals surface area contributed by atoms with E-state index in [1.807, 2.05) is 55.2 Å². The lowest BCUT2D eigenvalue weighted by Gasteiger charge is -2.34. The molecule has 0 atom stereocenters. The molecule has 0 spiro atoms.